The van der Waals surface area contributed by atoms with E-state index in [4.69, 9.17) is 11.6 Å². The summed E-state index contributed by atoms with van der Waals surface area (Å²) < 4.78 is 39.5. The van der Waals surface area contributed by atoms with E-state index in [1.165, 1.54) is 12.1 Å². The normalized spacial score (nSPS) is 17.9. The topological polar surface area (TPSA) is 32.3 Å². The van der Waals surface area contributed by atoms with Crippen LogP contribution >= 0.6 is 11.6 Å². The number of alkyl halides is 3. The van der Waals surface area contributed by atoms with Gasteiger partial charge in [-0.25, -0.2) is 0 Å². The molecule has 1 N–H and O–H groups in total. The monoisotopic (exact) mass is 424 g/mol. The molecule has 1 amide bonds. The fraction of sp³-hybridized carbons (Fsp3) is 0.409. The van der Waals surface area contributed by atoms with Crippen molar-refractivity contribution in [2.24, 2.45) is 0 Å². The molecule has 2 aromatic rings. The molecule has 0 radical (unpaired) electrons. The summed E-state index contributed by atoms with van der Waals surface area (Å²) in [5, 5.41) is 2.32. The molecule has 0 bridgehead atoms. The third-order valence-corrected chi connectivity index (χ3v) is 5.94. The molecule has 0 aliphatic carbocycles. The van der Waals surface area contributed by atoms with Crippen molar-refractivity contribution in [3.8, 4) is 0 Å². The maximum atomic E-state index is 13.2. The van der Waals surface area contributed by atoms with Gasteiger partial charge in [0.15, 0.2) is 0 Å². The van der Waals surface area contributed by atoms with Gasteiger partial charge in [-0.2, -0.15) is 13.2 Å². The molecule has 1 heterocycles. The van der Waals surface area contributed by atoms with Gasteiger partial charge in [0.25, 0.3) is 5.91 Å². The predicted octanol–water partition coefficient (Wildman–Crippen LogP) is 5.70. The SMILES string of the molecule is CC1(C)CCCN1C[C@@H](NC(=O)c1cccc(C(F)(F)F)c1Cl)c1ccccc1. The Morgan fingerprint density at radius 1 is 1.17 bits per heavy atom. The van der Waals surface area contributed by atoms with E-state index in [1.54, 1.807) is 0 Å². The number of benzene rings is 2. The lowest BCUT2D eigenvalue weighted by Gasteiger charge is -2.35. The van der Waals surface area contributed by atoms with Gasteiger partial charge in [-0.15, -0.1) is 0 Å². The zero-order chi connectivity index (χ0) is 21.2. The average Bonchev–Trinajstić information content (AvgIpc) is 2.99. The highest BCUT2D eigenvalue weighted by Crippen LogP contribution is 2.36. The first kappa shape index (κ1) is 21.7. The van der Waals surface area contributed by atoms with Crippen LogP contribution in [0.5, 0.6) is 0 Å². The lowest BCUT2D eigenvalue weighted by atomic mass is 9.99. The van der Waals surface area contributed by atoms with Gasteiger partial charge in [-0.3, -0.25) is 9.69 Å². The van der Waals surface area contributed by atoms with Crippen molar-refractivity contribution in [2.75, 3.05) is 13.1 Å². The molecule has 0 aromatic heterocycles. The van der Waals surface area contributed by atoms with E-state index < -0.39 is 22.7 Å². The Morgan fingerprint density at radius 2 is 1.86 bits per heavy atom. The van der Waals surface area contributed by atoms with Crippen LogP contribution in [0, 0.1) is 0 Å². The highest BCUT2D eigenvalue weighted by molar-refractivity contribution is 6.34. The number of rotatable bonds is 5. The summed E-state index contributed by atoms with van der Waals surface area (Å²) in [5.74, 6) is -0.619. The zero-order valence-corrected chi connectivity index (χ0v) is 17.1. The number of hydrogen-bond donors (Lipinski definition) is 1. The first-order chi connectivity index (χ1) is 13.6. The van der Waals surface area contributed by atoms with Gasteiger partial charge in [-0.05, 0) is 50.9 Å². The van der Waals surface area contributed by atoms with Gasteiger partial charge in [0.2, 0.25) is 0 Å². The average molecular weight is 425 g/mol. The molecule has 1 atom stereocenters. The minimum Gasteiger partial charge on any atom is -0.344 e. The van der Waals surface area contributed by atoms with Crippen LogP contribution in [0.2, 0.25) is 5.02 Å². The summed E-state index contributed by atoms with van der Waals surface area (Å²) in [6, 6.07) is 12.5. The third-order valence-electron chi connectivity index (χ3n) is 5.53. The number of carbonyl (C=O) groups is 1. The highest BCUT2D eigenvalue weighted by atomic mass is 35.5. The van der Waals surface area contributed by atoms with Crippen LogP contribution in [0.1, 0.15) is 54.2 Å². The van der Waals surface area contributed by atoms with Crippen molar-refractivity contribution >= 4 is 17.5 Å². The van der Waals surface area contributed by atoms with Crippen LogP contribution in [-0.2, 0) is 6.18 Å². The third kappa shape index (κ3) is 4.93. The molecule has 1 aliphatic heterocycles. The van der Waals surface area contributed by atoms with Crippen LogP contribution in [0.4, 0.5) is 13.2 Å². The quantitative estimate of drug-likeness (QED) is 0.667. The smallest absolute Gasteiger partial charge is 0.344 e. The lowest BCUT2D eigenvalue weighted by molar-refractivity contribution is -0.137. The first-order valence-electron chi connectivity index (χ1n) is 9.56. The van der Waals surface area contributed by atoms with Crippen molar-refractivity contribution in [2.45, 2.75) is 44.4 Å². The van der Waals surface area contributed by atoms with Gasteiger partial charge in [0.05, 0.1) is 22.2 Å². The maximum Gasteiger partial charge on any atom is 0.417 e. The largest absolute Gasteiger partial charge is 0.417 e. The Bertz CT molecular complexity index is 868. The number of nitrogens with zero attached hydrogens (tertiary/aromatic N) is 1. The molecule has 1 fully saturated rings. The predicted molar refractivity (Wildman–Crippen MR) is 108 cm³/mol. The van der Waals surface area contributed by atoms with Gasteiger partial charge in [0, 0.05) is 12.1 Å². The summed E-state index contributed by atoms with van der Waals surface area (Å²) in [4.78, 5) is 15.2. The second kappa shape index (κ2) is 8.36. The van der Waals surface area contributed by atoms with Crippen LogP contribution in [-0.4, -0.2) is 29.4 Å². The van der Waals surface area contributed by atoms with Crippen molar-refractivity contribution in [1.29, 1.82) is 0 Å². The van der Waals surface area contributed by atoms with Gasteiger partial charge < -0.3 is 5.32 Å². The van der Waals surface area contributed by atoms with Crippen molar-refractivity contribution in [1.82, 2.24) is 10.2 Å². The molecule has 0 saturated carbocycles. The van der Waals surface area contributed by atoms with E-state index in [0.29, 0.717) is 6.54 Å². The number of carbonyl (C=O) groups excluding carboxylic acids is 1. The number of nitrogens with one attached hydrogen (secondary N) is 1. The number of amides is 1. The molecule has 1 aliphatic rings. The summed E-state index contributed by atoms with van der Waals surface area (Å²) >= 11 is 5.94. The Hall–Kier alpha value is -2.05. The Kier molecular flexibility index (Phi) is 6.24. The molecule has 3 rings (SSSR count). The van der Waals surface area contributed by atoms with Crippen LogP contribution < -0.4 is 5.32 Å². The molecule has 156 valence electrons. The molecular weight excluding hydrogens is 401 g/mol. The molecule has 1 saturated heterocycles. The van der Waals surface area contributed by atoms with E-state index >= 15 is 0 Å². The van der Waals surface area contributed by atoms with E-state index in [1.807, 2.05) is 30.3 Å². The van der Waals surface area contributed by atoms with Crippen LogP contribution in [0.3, 0.4) is 0 Å². The molecule has 29 heavy (non-hydrogen) atoms. The van der Waals surface area contributed by atoms with Gasteiger partial charge >= 0.3 is 6.18 Å². The van der Waals surface area contributed by atoms with Crippen molar-refractivity contribution < 1.29 is 18.0 Å². The second-order valence-electron chi connectivity index (χ2n) is 7.96. The Balaban J connectivity index is 1.88. The molecular formula is C22H24ClF3N2O. The number of halogens is 4. The number of likely N-dealkylation sites (tertiary alicyclic amines) is 1. The Morgan fingerprint density at radius 3 is 2.45 bits per heavy atom. The van der Waals surface area contributed by atoms with E-state index in [0.717, 1.165) is 31.0 Å². The fourth-order valence-electron chi connectivity index (χ4n) is 3.80. The minimum atomic E-state index is -4.62. The fourth-order valence-corrected chi connectivity index (χ4v) is 4.12. The number of hydrogen-bond acceptors (Lipinski definition) is 2. The minimum absolute atomic E-state index is 0.00556. The Labute approximate surface area is 173 Å². The van der Waals surface area contributed by atoms with Crippen LogP contribution in [0.25, 0.3) is 0 Å². The molecule has 3 nitrogen and oxygen atoms in total. The van der Waals surface area contributed by atoms with Crippen LogP contribution in [0.15, 0.2) is 48.5 Å². The molecule has 0 unspecified atom stereocenters. The van der Waals surface area contributed by atoms with E-state index in [2.05, 4.69) is 24.1 Å². The summed E-state index contributed by atoms with van der Waals surface area (Å²) in [6.45, 7) is 5.80. The van der Waals surface area contributed by atoms with Gasteiger partial charge in [0.1, 0.15) is 0 Å². The van der Waals surface area contributed by atoms with E-state index in [9.17, 15) is 18.0 Å². The molecule has 0 spiro atoms. The highest BCUT2D eigenvalue weighted by Gasteiger charge is 2.36. The van der Waals surface area contributed by atoms with E-state index in [-0.39, 0.29) is 17.1 Å². The standard InChI is InChI=1S/C22H24ClF3N2O/c1-21(2)12-7-13-28(21)14-18(15-8-4-3-5-9-15)27-20(29)16-10-6-11-17(19(16)23)22(24,25)26/h3-6,8-11,18H,7,12-14H2,1-2H3,(H,27,29)/t18-/m1/s1. The van der Waals surface area contributed by atoms with Crippen molar-refractivity contribution in [3.63, 3.8) is 0 Å². The zero-order valence-electron chi connectivity index (χ0n) is 16.4. The maximum absolute atomic E-state index is 13.2. The molecule has 2 aromatic carbocycles. The molecule has 7 heteroatoms. The summed E-state index contributed by atoms with van der Waals surface area (Å²) in [7, 11) is 0. The first-order valence-corrected chi connectivity index (χ1v) is 9.94. The van der Waals surface area contributed by atoms with Crippen molar-refractivity contribution in [3.05, 3.63) is 70.2 Å². The second-order valence-corrected chi connectivity index (χ2v) is 8.34. The summed E-state index contributed by atoms with van der Waals surface area (Å²) in [6.07, 6.45) is -2.49. The summed E-state index contributed by atoms with van der Waals surface area (Å²) in [5.41, 5.74) is -0.287. The van der Waals surface area contributed by atoms with Gasteiger partial charge in [-0.1, -0.05) is 48.0 Å². The lowest BCUT2D eigenvalue weighted by Crippen LogP contribution is -2.44.